The minimum Gasteiger partial charge on any atom is -0.353 e. The minimum atomic E-state index is -3.70. The number of thiophene rings is 1. The Morgan fingerprint density at radius 2 is 1.88 bits per heavy atom. The number of aryl methyl sites for hydroxylation is 1. The van der Waals surface area contributed by atoms with Crippen molar-refractivity contribution in [3.8, 4) is 0 Å². The molecule has 2 aromatic heterocycles. The monoisotopic (exact) mass is 392 g/mol. The van der Waals surface area contributed by atoms with Gasteiger partial charge in [0.25, 0.3) is 0 Å². The van der Waals surface area contributed by atoms with Gasteiger partial charge in [-0.05, 0) is 36.1 Å². The molecule has 3 aromatic rings. The molecule has 1 saturated heterocycles. The molecule has 0 N–H and O–H groups in total. The van der Waals surface area contributed by atoms with Gasteiger partial charge in [0.1, 0.15) is 18.0 Å². The summed E-state index contributed by atoms with van der Waals surface area (Å²) in [5, 5.41) is 1.97. The Morgan fingerprint density at radius 1 is 1.12 bits per heavy atom. The molecule has 1 aromatic carbocycles. The number of benzene rings is 1. The lowest BCUT2D eigenvalue weighted by molar-refractivity contribution is 0.384. The number of hydrogen-bond donors (Lipinski definition) is 0. The Balaban J connectivity index is 1.54. The van der Waals surface area contributed by atoms with Crippen LogP contribution >= 0.6 is 11.3 Å². The zero-order chi connectivity index (χ0) is 18.3. The summed E-state index contributed by atoms with van der Waals surface area (Å²) >= 11 is 1.57. The molecule has 1 fully saturated rings. The first-order valence-electron chi connectivity index (χ1n) is 8.16. The van der Waals surface area contributed by atoms with E-state index in [1.807, 2.05) is 11.4 Å². The first-order valence-corrected chi connectivity index (χ1v) is 10.5. The van der Waals surface area contributed by atoms with Crippen LogP contribution in [0.1, 0.15) is 5.56 Å². The number of hydrogen-bond acceptors (Lipinski definition) is 6. The third-order valence-corrected chi connectivity index (χ3v) is 7.34. The quantitative estimate of drug-likeness (QED) is 0.686. The van der Waals surface area contributed by atoms with E-state index >= 15 is 0 Å². The van der Waals surface area contributed by atoms with Crippen LogP contribution in [0.4, 0.5) is 10.2 Å². The van der Waals surface area contributed by atoms with E-state index in [1.165, 1.54) is 22.8 Å². The Labute approximate surface area is 155 Å². The van der Waals surface area contributed by atoms with Gasteiger partial charge in [-0.1, -0.05) is 6.07 Å². The van der Waals surface area contributed by atoms with Crippen LogP contribution in [0.15, 0.2) is 40.9 Å². The zero-order valence-electron chi connectivity index (χ0n) is 14.1. The van der Waals surface area contributed by atoms with Gasteiger partial charge in [-0.2, -0.15) is 4.31 Å². The maximum absolute atomic E-state index is 13.8. The molecule has 0 aliphatic carbocycles. The van der Waals surface area contributed by atoms with Crippen LogP contribution in [0.25, 0.3) is 10.2 Å². The van der Waals surface area contributed by atoms with E-state index < -0.39 is 15.8 Å². The highest BCUT2D eigenvalue weighted by Gasteiger charge is 2.30. The highest BCUT2D eigenvalue weighted by atomic mass is 32.2. The number of nitrogens with zero attached hydrogens (tertiary/aromatic N) is 4. The Hall–Kier alpha value is -2.10. The van der Waals surface area contributed by atoms with Crippen molar-refractivity contribution in [1.29, 1.82) is 0 Å². The van der Waals surface area contributed by atoms with Crippen molar-refractivity contribution in [2.75, 3.05) is 31.1 Å². The predicted molar refractivity (Wildman–Crippen MR) is 99.5 cm³/mol. The van der Waals surface area contributed by atoms with Gasteiger partial charge in [-0.15, -0.1) is 11.3 Å². The van der Waals surface area contributed by atoms with Crippen molar-refractivity contribution in [2.45, 2.75) is 11.8 Å². The zero-order valence-corrected chi connectivity index (χ0v) is 15.7. The largest absolute Gasteiger partial charge is 0.353 e. The first-order chi connectivity index (χ1) is 12.5. The fourth-order valence-electron chi connectivity index (χ4n) is 3.02. The smallest absolute Gasteiger partial charge is 0.243 e. The number of anilines is 1. The normalized spacial score (nSPS) is 16.3. The fourth-order valence-corrected chi connectivity index (χ4v) is 5.32. The number of aromatic nitrogens is 2. The van der Waals surface area contributed by atoms with Crippen LogP contribution in [-0.2, 0) is 10.0 Å². The summed E-state index contributed by atoms with van der Waals surface area (Å²) < 4.78 is 41.7. The summed E-state index contributed by atoms with van der Waals surface area (Å²) in [6, 6.07) is 5.99. The van der Waals surface area contributed by atoms with Crippen molar-refractivity contribution in [1.82, 2.24) is 14.3 Å². The summed E-state index contributed by atoms with van der Waals surface area (Å²) in [6.45, 7) is 3.32. The summed E-state index contributed by atoms with van der Waals surface area (Å²) in [6.07, 6.45) is 1.53. The SMILES string of the molecule is Cc1ccc(S(=O)(=O)N2CCN(c3ncnc4ccsc34)CC2)cc1F. The van der Waals surface area contributed by atoms with Gasteiger partial charge < -0.3 is 4.90 Å². The van der Waals surface area contributed by atoms with Gasteiger partial charge in [0.2, 0.25) is 10.0 Å². The molecule has 0 amide bonds. The van der Waals surface area contributed by atoms with E-state index in [1.54, 1.807) is 18.3 Å². The molecule has 0 unspecified atom stereocenters. The second-order valence-corrected chi connectivity index (χ2v) is 8.99. The van der Waals surface area contributed by atoms with E-state index in [9.17, 15) is 12.8 Å². The average molecular weight is 392 g/mol. The molecule has 26 heavy (non-hydrogen) atoms. The first kappa shape index (κ1) is 17.3. The lowest BCUT2D eigenvalue weighted by atomic mass is 10.2. The van der Waals surface area contributed by atoms with Crippen LogP contribution in [0.3, 0.4) is 0 Å². The van der Waals surface area contributed by atoms with Crippen LogP contribution < -0.4 is 4.90 Å². The second kappa shape index (κ2) is 6.57. The molecule has 0 bridgehead atoms. The second-order valence-electron chi connectivity index (χ2n) is 6.13. The molecule has 9 heteroatoms. The van der Waals surface area contributed by atoms with E-state index in [4.69, 9.17) is 0 Å². The molecule has 0 saturated carbocycles. The predicted octanol–water partition coefficient (Wildman–Crippen LogP) is 2.65. The van der Waals surface area contributed by atoms with Gasteiger partial charge in [-0.3, -0.25) is 0 Å². The lowest BCUT2D eigenvalue weighted by Crippen LogP contribution is -2.49. The number of sulfonamides is 1. The van der Waals surface area contributed by atoms with E-state index in [-0.39, 0.29) is 4.90 Å². The molecule has 0 spiro atoms. The molecule has 3 heterocycles. The van der Waals surface area contributed by atoms with Crippen LogP contribution in [0.5, 0.6) is 0 Å². The summed E-state index contributed by atoms with van der Waals surface area (Å²) in [5.41, 5.74) is 1.32. The van der Waals surface area contributed by atoms with Crippen molar-refractivity contribution in [3.05, 3.63) is 47.4 Å². The van der Waals surface area contributed by atoms with Crippen molar-refractivity contribution in [2.24, 2.45) is 0 Å². The third kappa shape index (κ3) is 2.95. The van der Waals surface area contributed by atoms with Crippen LogP contribution in [-0.4, -0.2) is 48.9 Å². The van der Waals surface area contributed by atoms with Gasteiger partial charge in [0.15, 0.2) is 0 Å². The van der Waals surface area contributed by atoms with Crippen molar-refractivity contribution in [3.63, 3.8) is 0 Å². The number of halogens is 1. The summed E-state index contributed by atoms with van der Waals surface area (Å²) in [5.74, 6) is 0.328. The van der Waals surface area contributed by atoms with Crippen molar-refractivity contribution < 1.29 is 12.8 Å². The molecule has 4 rings (SSSR count). The number of rotatable bonds is 3. The Bertz CT molecular complexity index is 1060. The molecular weight excluding hydrogens is 375 g/mol. The molecule has 0 radical (unpaired) electrons. The highest BCUT2D eigenvalue weighted by Crippen LogP contribution is 2.29. The van der Waals surface area contributed by atoms with E-state index in [0.29, 0.717) is 31.7 Å². The molecule has 1 aliphatic heterocycles. The molecule has 0 atom stereocenters. The number of fused-ring (bicyclic) bond motifs is 1. The molecule has 136 valence electrons. The van der Waals surface area contributed by atoms with E-state index in [2.05, 4.69) is 14.9 Å². The van der Waals surface area contributed by atoms with Gasteiger partial charge in [-0.25, -0.2) is 22.8 Å². The molecule has 1 aliphatic rings. The van der Waals surface area contributed by atoms with Crippen molar-refractivity contribution >= 4 is 37.4 Å². The van der Waals surface area contributed by atoms with Gasteiger partial charge >= 0.3 is 0 Å². The third-order valence-electron chi connectivity index (χ3n) is 4.54. The summed E-state index contributed by atoms with van der Waals surface area (Å²) in [4.78, 5) is 10.7. The topological polar surface area (TPSA) is 66.4 Å². The maximum atomic E-state index is 13.8. The average Bonchev–Trinajstić information content (AvgIpc) is 3.13. The van der Waals surface area contributed by atoms with E-state index in [0.717, 1.165) is 22.1 Å². The minimum absolute atomic E-state index is 0.00302. The molecular formula is C17H17FN4O2S2. The lowest BCUT2D eigenvalue weighted by Gasteiger charge is -2.34. The van der Waals surface area contributed by atoms with Crippen LogP contribution in [0, 0.1) is 12.7 Å². The molecule has 6 nitrogen and oxygen atoms in total. The van der Waals surface area contributed by atoms with Gasteiger partial charge in [0.05, 0.1) is 15.1 Å². The fraction of sp³-hybridized carbons (Fsp3) is 0.294. The highest BCUT2D eigenvalue weighted by molar-refractivity contribution is 7.89. The van der Waals surface area contributed by atoms with Crippen LogP contribution in [0.2, 0.25) is 0 Å². The maximum Gasteiger partial charge on any atom is 0.243 e. The Morgan fingerprint density at radius 3 is 2.62 bits per heavy atom. The van der Waals surface area contributed by atoms with Gasteiger partial charge in [0, 0.05) is 26.2 Å². The number of piperazine rings is 1. The Kier molecular flexibility index (Phi) is 4.37. The standard InChI is InChI=1S/C17H17FN4O2S2/c1-12-2-3-13(10-14(12)18)26(23,24)22-7-5-21(6-8-22)17-16-15(4-9-25-16)19-11-20-17/h2-4,9-11H,5-8H2,1H3. The summed E-state index contributed by atoms with van der Waals surface area (Å²) in [7, 11) is -3.70.